The van der Waals surface area contributed by atoms with Gasteiger partial charge in [0.05, 0.1) is 6.54 Å². The Morgan fingerprint density at radius 1 is 1.57 bits per heavy atom. The number of aryl methyl sites for hydroxylation is 1. The van der Waals surface area contributed by atoms with Gasteiger partial charge in [-0.3, -0.25) is 4.90 Å². The Labute approximate surface area is 84.3 Å². The molecule has 2 rings (SSSR count). The van der Waals surface area contributed by atoms with E-state index < -0.39 is 0 Å². The van der Waals surface area contributed by atoms with E-state index in [1.165, 1.54) is 12.8 Å². The zero-order valence-corrected chi connectivity index (χ0v) is 8.86. The molecule has 1 unspecified atom stereocenters. The fraction of sp³-hybridized carbons (Fsp3) is 0.800. The van der Waals surface area contributed by atoms with Crippen molar-refractivity contribution in [2.24, 2.45) is 5.92 Å². The van der Waals surface area contributed by atoms with E-state index in [0.29, 0.717) is 5.89 Å². The molecule has 0 radical (unpaired) electrons. The molecule has 1 aliphatic rings. The summed E-state index contributed by atoms with van der Waals surface area (Å²) < 4.78 is 4.95. The highest BCUT2D eigenvalue weighted by atomic mass is 16.5. The Morgan fingerprint density at radius 2 is 2.43 bits per heavy atom. The molecule has 1 aliphatic heterocycles. The summed E-state index contributed by atoms with van der Waals surface area (Å²) in [7, 11) is 0. The van der Waals surface area contributed by atoms with Gasteiger partial charge in [-0.05, 0) is 25.3 Å². The van der Waals surface area contributed by atoms with Gasteiger partial charge in [0, 0.05) is 13.5 Å². The summed E-state index contributed by atoms with van der Waals surface area (Å²) in [5.74, 6) is 2.28. The van der Waals surface area contributed by atoms with Gasteiger partial charge in [-0.15, -0.1) is 0 Å². The molecule has 0 amide bonds. The summed E-state index contributed by atoms with van der Waals surface area (Å²) in [4.78, 5) is 6.61. The Kier molecular flexibility index (Phi) is 2.82. The fourth-order valence-electron chi connectivity index (χ4n) is 2.04. The maximum atomic E-state index is 4.95. The Bertz CT molecular complexity index is 297. The van der Waals surface area contributed by atoms with Gasteiger partial charge in [0.25, 0.3) is 0 Å². The van der Waals surface area contributed by atoms with Crippen molar-refractivity contribution in [1.82, 2.24) is 15.0 Å². The van der Waals surface area contributed by atoms with E-state index in [9.17, 15) is 0 Å². The number of likely N-dealkylation sites (tertiary alicyclic amines) is 1. The van der Waals surface area contributed by atoms with E-state index in [-0.39, 0.29) is 0 Å². The summed E-state index contributed by atoms with van der Waals surface area (Å²) in [5.41, 5.74) is 0. The molecule has 1 aromatic heterocycles. The Morgan fingerprint density at radius 3 is 3.07 bits per heavy atom. The smallest absolute Gasteiger partial charge is 0.223 e. The van der Waals surface area contributed by atoms with Crippen molar-refractivity contribution in [2.45, 2.75) is 33.2 Å². The lowest BCUT2D eigenvalue weighted by Crippen LogP contribution is -2.34. The number of hydrogen-bond acceptors (Lipinski definition) is 4. The minimum absolute atomic E-state index is 0.657. The molecule has 1 aromatic rings. The first kappa shape index (κ1) is 9.65. The summed E-state index contributed by atoms with van der Waals surface area (Å²) in [5, 5.41) is 3.91. The zero-order valence-electron chi connectivity index (χ0n) is 8.86. The third-order valence-corrected chi connectivity index (χ3v) is 2.68. The molecule has 1 atom stereocenters. The van der Waals surface area contributed by atoms with Crippen molar-refractivity contribution in [3.8, 4) is 0 Å². The molecule has 14 heavy (non-hydrogen) atoms. The SMILES string of the molecule is Cc1nc(CN2CCCC(C)C2)no1. The normalized spacial score (nSPS) is 24.0. The highest BCUT2D eigenvalue weighted by Gasteiger charge is 2.17. The molecule has 1 saturated heterocycles. The second-order valence-corrected chi connectivity index (χ2v) is 4.21. The van der Waals surface area contributed by atoms with Crippen LogP contribution >= 0.6 is 0 Å². The van der Waals surface area contributed by atoms with Crippen LogP contribution in [0.25, 0.3) is 0 Å². The summed E-state index contributed by atoms with van der Waals surface area (Å²) in [6.07, 6.45) is 2.64. The molecular formula is C10H17N3O. The molecule has 0 spiro atoms. The van der Waals surface area contributed by atoms with Crippen LogP contribution in [0.15, 0.2) is 4.52 Å². The van der Waals surface area contributed by atoms with Crippen molar-refractivity contribution in [3.05, 3.63) is 11.7 Å². The predicted octanol–water partition coefficient (Wildman–Crippen LogP) is 1.61. The minimum atomic E-state index is 0.657. The third-order valence-electron chi connectivity index (χ3n) is 2.68. The maximum Gasteiger partial charge on any atom is 0.223 e. The average molecular weight is 195 g/mol. The van der Waals surface area contributed by atoms with Gasteiger partial charge in [-0.25, -0.2) is 0 Å². The molecule has 78 valence electrons. The number of nitrogens with zero attached hydrogens (tertiary/aromatic N) is 3. The van der Waals surface area contributed by atoms with Gasteiger partial charge in [0.2, 0.25) is 5.89 Å². The lowest BCUT2D eigenvalue weighted by molar-refractivity contribution is 0.171. The second kappa shape index (κ2) is 4.09. The van der Waals surface area contributed by atoms with Crippen LogP contribution < -0.4 is 0 Å². The van der Waals surface area contributed by atoms with Crippen LogP contribution in [0.5, 0.6) is 0 Å². The average Bonchev–Trinajstić information content (AvgIpc) is 2.51. The lowest BCUT2D eigenvalue weighted by Gasteiger charge is -2.29. The highest BCUT2D eigenvalue weighted by Crippen LogP contribution is 2.16. The van der Waals surface area contributed by atoms with Crippen molar-refractivity contribution in [1.29, 1.82) is 0 Å². The van der Waals surface area contributed by atoms with E-state index in [2.05, 4.69) is 22.0 Å². The second-order valence-electron chi connectivity index (χ2n) is 4.21. The Balaban J connectivity index is 1.90. The quantitative estimate of drug-likeness (QED) is 0.719. The monoisotopic (exact) mass is 195 g/mol. The van der Waals surface area contributed by atoms with Gasteiger partial charge in [-0.1, -0.05) is 12.1 Å². The summed E-state index contributed by atoms with van der Waals surface area (Å²) in [6, 6.07) is 0. The minimum Gasteiger partial charge on any atom is -0.340 e. The highest BCUT2D eigenvalue weighted by molar-refractivity contribution is 4.85. The molecule has 0 bridgehead atoms. The van der Waals surface area contributed by atoms with Crippen LogP contribution in [0, 0.1) is 12.8 Å². The van der Waals surface area contributed by atoms with Crippen LogP contribution in [0.3, 0.4) is 0 Å². The first-order chi connectivity index (χ1) is 6.74. The summed E-state index contributed by atoms with van der Waals surface area (Å²) in [6.45, 7) is 7.29. The van der Waals surface area contributed by atoms with Crippen LogP contribution in [0.4, 0.5) is 0 Å². The van der Waals surface area contributed by atoms with E-state index in [1.807, 2.05) is 6.92 Å². The number of hydrogen-bond donors (Lipinski definition) is 0. The number of aromatic nitrogens is 2. The van der Waals surface area contributed by atoms with E-state index in [1.54, 1.807) is 0 Å². The first-order valence-corrected chi connectivity index (χ1v) is 5.25. The molecule has 0 aliphatic carbocycles. The first-order valence-electron chi connectivity index (χ1n) is 5.25. The third kappa shape index (κ3) is 2.32. The van der Waals surface area contributed by atoms with Crippen LogP contribution in [0.2, 0.25) is 0 Å². The standard InChI is InChI=1S/C10H17N3O/c1-8-4-3-5-13(6-8)7-10-11-9(2)14-12-10/h8H,3-7H2,1-2H3. The van der Waals surface area contributed by atoms with E-state index in [0.717, 1.165) is 31.4 Å². The van der Waals surface area contributed by atoms with E-state index in [4.69, 9.17) is 4.52 Å². The maximum absolute atomic E-state index is 4.95. The molecule has 2 heterocycles. The number of piperidine rings is 1. The van der Waals surface area contributed by atoms with Crippen LogP contribution in [-0.2, 0) is 6.54 Å². The molecule has 4 nitrogen and oxygen atoms in total. The van der Waals surface area contributed by atoms with Gasteiger partial charge >= 0.3 is 0 Å². The van der Waals surface area contributed by atoms with Crippen molar-refractivity contribution >= 4 is 0 Å². The van der Waals surface area contributed by atoms with Crippen LogP contribution in [0.1, 0.15) is 31.5 Å². The van der Waals surface area contributed by atoms with Gasteiger partial charge in [0.1, 0.15) is 0 Å². The predicted molar refractivity (Wildman–Crippen MR) is 52.7 cm³/mol. The number of rotatable bonds is 2. The molecule has 0 N–H and O–H groups in total. The van der Waals surface area contributed by atoms with Crippen molar-refractivity contribution < 1.29 is 4.52 Å². The zero-order chi connectivity index (χ0) is 9.97. The molecular weight excluding hydrogens is 178 g/mol. The fourth-order valence-corrected chi connectivity index (χ4v) is 2.04. The van der Waals surface area contributed by atoms with Crippen molar-refractivity contribution in [3.63, 3.8) is 0 Å². The molecule has 4 heteroatoms. The Hall–Kier alpha value is -0.900. The van der Waals surface area contributed by atoms with Gasteiger partial charge < -0.3 is 4.52 Å². The molecule has 0 saturated carbocycles. The van der Waals surface area contributed by atoms with Gasteiger partial charge in [-0.2, -0.15) is 4.98 Å². The largest absolute Gasteiger partial charge is 0.340 e. The van der Waals surface area contributed by atoms with E-state index >= 15 is 0 Å². The van der Waals surface area contributed by atoms with Gasteiger partial charge in [0.15, 0.2) is 5.82 Å². The molecule has 1 fully saturated rings. The molecule has 0 aromatic carbocycles. The summed E-state index contributed by atoms with van der Waals surface area (Å²) >= 11 is 0. The van der Waals surface area contributed by atoms with Crippen LogP contribution in [-0.4, -0.2) is 28.1 Å². The van der Waals surface area contributed by atoms with Crippen molar-refractivity contribution in [2.75, 3.05) is 13.1 Å². The lowest BCUT2D eigenvalue weighted by atomic mass is 10.0. The topological polar surface area (TPSA) is 42.2 Å².